The number of thiazole rings is 1. The molecule has 0 atom stereocenters. The molecular weight excluding hydrogens is 290 g/mol. The summed E-state index contributed by atoms with van der Waals surface area (Å²) in [6.45, 7) is 2.00. The molecular formula is C11H8BrNO2S. The number of aromatic carboxylic acids is 1. The summed E-state index contributed by atoms with van der Waals surface area (Å²) in [7, 11) is 0. The average molecular weight is 298 g/mol. The van der Waals surface area contributed by atoms with Crippen molar-refractivity contribution in [1.82, 2.24) is 4.98 Å². The minimum absolute atomic E-state index is 0.0903. The van der Waals surface area contributed by atoms with E-state index in [1.54, 1.807) is 5.38 Å². The maximum absolute atomic E-state index is 10.7. The Labute approximate surface area is 105 Å². The first kappa shape index (κ1) is 11.3. The number of carboxylic acids is 1. The van der Waals surface area contributed by atoms with E-state index in [4.69, 9.17) is 5.11 Å². The molecule has 0 spiro atoms. The first-order valence-corrected chi connectivity index (χ1v) is 6.20. The first-order valence-electron chi connectivity index (χ1n) is 4.53. The highest BCUT2D eigenvalue weighted by Crippen LogP contribution is 2.31. The van der Waals surface area contributed by atoms with Gasteiger partial charge in [0, 0.05) is 15.4 Å². The number of aryl methyl sites for hydroxylation is 1. The van der Waals surface area contributed by atoms with Crippen LogP contribution < -0.4 is 0 Å². The fourth-order valence-corrected chi connectivity index (χ4v) is 2.93. The molecule has 0 aliphatic carbocycles. The largest absolute Gasteiger partial charge is 0.476 e. The molecule has 0 radical (unpaired) electrons. The van der Waals surface area contributed by atoms with Gasteiger partial charge in [-0.1, -0.05) is 28.1 Å². The molecule has 0 amide bonds. The van der Waals surface area contributed by atoms with Crippen LogP contribution in [0, 0.1) is 6.92 Å². The van der Waals surface area contributed by atoms with Gasteiger partial charge in [0.2, 0.25) is 0 Å². The van der Waals surface area contributed by atoms with Crippen LogP contribution in [0.25, 0.3) is 10.6 Å². The average Bonchev–Trinajstić information content (AvgIpc) is 2.66. The lowest BCUT2D eigenvalue weighted by Crippen LogP contribution is -1.95. The summed E-state index contributed by atoms with van der Waals surface area (Å²) in [5.74, 6) is -0.995. The minimum Gasteiger partial charge on any atom is -0.476 e. The van der Waals surface area contributed by atoms with Crippen molar-refractivity contribution >= 4 is 33.2 Å². The normalized spacial score (nSPS) is 10.4. The first-order chi connectivity index (χ1) is 7.58. The lowest BCUT2D eigenvalue weighted by Gasteiger charge is -2.01. The molecule has 0 aliphatic heterocycles. The van der Waals surface area contributed by atoms with E-state index in [9.17, 15) is 4.79 Å². The van der Waals surface area contributed by atoms with Gasteiger partial charge in [-0.2, -0.15) is 0 Å². The minimum atomic E-state index is -0.995. The summed E-state index contributed by atoms with van der Waals surface area (Å²) >= 11 is 4.78. The van der Waals surface area contributed by atoms with Crippen LogP contribution in [0.4, 0.5) is 0 Å². The van der Waals surface area contributed by atoms with Gasteiger partial charge in [-0.25, -0.2) is 9.78 Å². The Morgan fingerprint density at radius 3 is 2.81 bits per heavy atom. The van der Waals surface area contributed by atoms with Crippen molar-refractivity contribution in [3.05, 3.63) is 39.3 Å². The zero-order chi connectivity index (χ0) is 11.7. The summed E-state index contributed by atoms with van der Waals surface area (Å²) in [5.41, 5.74) is 2.15. The fourth-order valence-electron chi connectivity index (χ4n) is 1.29. The third-order valence-electron chi connectivity index (χ3n) is 2.08. The second-order valence-corrected chi connectivity index (χ2v) is 5.04. The van der Waals surface area contributed by atoms with E-state index in [0.717, 1.165) is 15.6 Å². The molecule has 1 heterocycles. The summed E-state index contributed by atoms with van der Waals surface area (Å²) in [6, 6.07) is 5.89. The van der Waals surface area contributed by atoms with Crippen molar-refractivity contribution in [3.63, 3.8) is 0 Å². The summed E-state index contributed by atoms with van der Waals surface area (Å²) in [4.78, 5) is 14.8. The van der Waals surface area contributed by atoms with Crippen LogP contribution in [0.2, 0.25) is 0 Å². The Morgan fingerprint density at radius 1 is 1.50 bits per heavy atom. The molecule has 2 rings (SSSR count). The molecule has 16 heavy (non-hydrogen) atoms. The van der Waals surface area contributed by atoms with Crippen LogP contribution in [-0.4, -0.2) is 16.1 Å². The van der Waals surface area contributed by atoms with Crippen LogP contribution in [-0.2, 0) is 0 Å². The smallest absolute Gasteiger partial charge is 0.355 e. The van der Waals surface area contributed by atoms with Gasteiger partial charge in [0.05, 0.1) is 0 Å². The van der Waals surface area contributed by atoms with Gasteiger partial charge >= 0.3 is 5.97 Å². The Balaban J connectivity index is 2.46. The van der Waals surface area contributed by atoms with Crippen LogP contribution in [0.15, 0.2) is 28.1 Å². The zero-order valence-electron chi connectivity index (χ0n) is 8.40. The third-order valence-corrected chi connectivity index (χ3v) is 3.61. The summed E-state index contributed by atoms with van der Waals surface area (Å²) < 4.78 is 0.929. The van der Waals surface area contributed by atoms with E-state index in [1.165, 1.54) is 11.3 Å². The van der Waals surface area contributed by atoms with Gasteiger partial charge < -0.3 is 5.11 Å². The molecule has 0 bridgehead atoms. The van der Waals surface area contributed by atoms with Gasteiger partial charge in [-0.15, -0.1) is 11.3 Å². The standard InChI is InChI=1S/C11H8BrNO2S/c1-6-2-3-7(8(12)4-6)10-13-9(5-16-10)11(14)15/h2-5H,1H3,(H,14,15). The third kappa shape index (κ3) is 2.15. The number of aromatic nitrogens is 1. The molecule has 0 unspecified atom stereocenters. The van der Waals surface area contributed by atoms with E-state index in [2.05, 4.69) is 20.9 Å². The van der Waals surface area contributed by atoms with E-state index >= 15 is 0 Å². The number of rotatable bonds is 2. The molecule has 1 aromatic heterocycles. The van der Waals surface area contributed by atoms with Crippen molar-refractivity contribution < 1.29 is 9.90 Å². The summed E-state index contributed by atoms with van der Waals surface area (Å²) in [5, 5.41) is 11.0. The molecule has 0 saturated heterocycles. The lowest BCUT2D eigenvalue weighted by atomic mass is 10.2. The lowest BCUT2D eigenvalue weighted by molar-refractivity contribution is 0.0691. The van der Waals surface area contributed by atoms with E-state index in [0.29, 0.717) is 5.01 Å². The van der Waals surface area contributed by atoms with Gasteiger partial charge in [0.25, 0.3) is 0 Å². The van der Waals surface area contributed by atoms with E-state index < -0.39 is 5.97 Å². The molecule has 5 heteroatoms. The topological polar surface area (TPSA) is 50.2 Å². The predicted octanol–water partition coefficient (Wildman–Crippen LogP) is 3.58. The van der Waals surface area contributed by atoms with Crippen molar-refractivity contribution in [2.45, 2.75) is 6.92 Å². The monoisotopic (exact) mass is 297 g/mol. The highest BCUT2D eigenvalue weighted by molar-refractivity contribution is 9.10. The van der Waals surface area contributed by atoms with Crippen LogP contribution in [0.1, 0.15) is 16.1 Å². The molecule has 0 fully saturated rings. The number of hydrogen-bond acceptors (Lipinski definition) is 3. The zero-order valence-corrected chi connectivity index (χ0v) is 10.8. The van der Waals surface area contributed by atoms with Crippen molar-refractivity contribution in [3.8, 4) is 10.6 Å². The number of carbonyl (C=O) groups is 1. The Kier molecular flexibility index (Phi) is 3.07. The van der Waals surface area contributed by atoms with Crippen LogP contribution in [0.5, 0.6) is 0 Å². The number of hydrogen-bond donors (Lipinski definition) is 1. The van der Waals surface area contributed by atoms with Crippen molar-refractivity contribution in [1.29, 1.82) is 0 Å². The Hall–Kier alpha value is -1.20. The molecule has 3 nitrogen and oxygen atoms in total. The Bertz CT molecular complexity index is 551. The van der Waals surface area contributed by atoms with Gasteiger partial charge in [-0.05, 0) is 18.6 Å². The van der Waals surface area contributed by atoms with Crippen molar-refractivity contribution in [2.24, 2.45) is 0 Å². The SMILES string of the molecule is Cc1ccc(-c2nc(C(=O)O)cs2)c(Br)c1. The molecule has 1 N–H and O–H groups in total. The van der Waals surface area contributed by atoms with Crippen LogP contribution in [0.3, 0.4) is 0 Å². The number of carboxylic acid groups (broad SMARTS) is 1. The maximum atomic E-state index is 10.7. The molecule has 0 aliphatic rings. The van der Waals surface area contributed by atoms with Gasteiger partial charge in [-0.3, -0.25) is 0 Å². The predicted molar refractivity (Wildman–Crippen MR) is 66.9 cm³/mol. The molecule has 82 valence electrons. The van der Waals surface area contributed by atoms with Gasteiger partial charge in [0.1, 0.15) is 5.01 Å². The molecule has 2 aromatic rings. The number of halogens is 1. The van der Waals surface area contributed by atoms with Crippen molar-refractivity contribution in [2.75, 3.05) is 0 Å². The fraction of sp³-hybridized carbons (Fsp3) is 0.0909. The number of benzene rings is 1. The van der Waals surface area contributed by atoms with E-state index in [1.807, 2.05) is 25.1 Å². The highest BCUT2D eigenvalue weighted by Gasteiger charge is 2.11. The second kappa shape index (κ2) is 4.35. The van der Waals surface area contributed by atoms with Gasteiger partial charge in [0.15, 0.2) is 5.69 Å². The quantitative estimate of drug-likeness (QED) is 0.922. The summed E-state index contributed by atoms with van der Waals surface area (Å²) in [6.07, 6.45) is 0. The molecule has 1 aromatic carbocycles. The molecule has 0 saturated carbocycles. The van der Waals surface area contributed by atoms with Crippen LogP contribution >= 0.6 is 27.3 Å². The highest BCUT2D eigenvalue weighted by atomic mass is 79.9. The second-order valence-electron chi connectivity index (χ2n) is 3.33. The number of nitrogens with zero attached hydrogens (tertiary/aromatic N) is 1. The Morgan fingerprint density at radius 2 is 2.25 bits per heavy atom. The maximum Gasteiger partial charge on any atom is 0.355 e. The van der Waals surface area contributed by atoms with E-state index in [-0.39, 0.29) is 5.69 Å².